The quantitative estimate of drug-likeness (QED) is 0.790. The summed E-state index contributed by atoms with van der Waals surface area (Å²) in [6, 6.07) is 2.72. The van der Waals surface area contributed by atoms with Gasteiger partial charge < -0.3 is 4.74 Å². The molecule has 19 heavy (non-hydrogen) atoms. The molecule has 1 aliphatic rings. The Balaban J connectivity index is 1.91. The molecule has 0 N–H and O–H groups in total. The number of likely N-dealkylation sites (tertiary alicyclic amines) is 1. The first-order chi connectivity index (χ1) is 8.82. The second-order valence-corrected chi connectivity index (χ2v) is 4.48. The molecule has 1 aliphatic heterocycles. The van der Waals surface area contributed by atoms with E-state index < -0.39 is 30.5 Å². The molecule has 7 heteroatoms. The summed E-state index contributed by atoms with van der Waals surface area (Å²) in [5.74, 6) is -1.56. The molecule has 1 aromatic rings. The first kappa shape index (κ1) is 14.0. The Labute approximate surface area is 106 Å². The maximum Gasteiger partial charge on any atom is 0.401 e. The third-order valence-corrected chi connectivity index (χ3v) is 2.77. The third-order valence-electron chi connectivity index (χ3n) is 2.77. The van der Waals surface area contributed by atoms with E-state index in [0.29, 0.717) is 12.5 Å². The minimum absolute atomic E-state index is 0.00337. The molecule has 1 aromatic carbocycles. The molecule has 0 aromatic heterocycles. The molecule has 1 fully saturated rings. The van der Waals surface area contributed by atoms with Crippen LogP contribution >= 0.6 is 0 Å². The summed E-state index contributed by atoms with van der Waals surface area (Å²) in [6.07, 6.45) is -4.34. The monoisotopic (exact) mass is 281 g/mol. The summed E-state index contributed by atoms with van der Waals surface area (Å²) in [4.78, 5) is 1.21. The van der Waals surface area contributed by atoms with Crippen LogP contribution in [0, 0.1) is 11.6 Å². The standard InChI is InChI=1S/C12H12F5NO/c13-8-3-9(14)5-11(4-8)19-10-1-2-18(6-10)7-12(15,16)17/h3-5,10H,1-2,6-7H2. The van der Waals surface area contributed by atoms with Crippen LogP contribution in [0.3, 0.4) is 0 Å². The zero-order valence-corrected chi connectivity index (χ0v) is 9.88. The molecule has 1 unspecified atom stereocenters. The Morgan fingerprint density at radius 1 is 1.16 bits per heavy atom. The summed E-state index contributed by atoms with van der Waals surface area (Å²) < 4.78 is 67.7. The lowest BCUT2D eigenvalue weighted by atomic mass is 10.3. The fourth-order valence-electron chi connectivity index (χ4n) is 2.08. The van der Waals surface area contributed by atoms with Gasteiger partial charge in [-0.05, 0) is 6.42 Å². The van der Waals surface area contributed by atoms with Gasteiger partial charge in [-0.25, -0.2) is 8.78 Å². The second kappa shape index (κ2) is 5.32. The molecule has 0 bridgehead atoms. The van der Waals surface area contributed by atoms with E-state index in [-0.39, 0.29) is 18.8 Å². The number of halogens is 5. The molecule has 0 amide bonds. The average Bonchev–Trinajstić information content (AvgIpc) is 2.60. The van der Waals surface area contributed by atoms with Gasteiger partial charge in [0.15, 0.2) is 0 Å². The van der Waals surface area contributed by atoms with E-state index in [1.807, 2.05) is 0 Å². The van der Waals surface area contributed by atoms with Crippen LogP contribution in [0.25, 0.3) is 0 Å². The molecule has 0 saturated carbocycles. The smallest absolute Gasteiger partial charge is 0.401 e. The Morgan fingerprint density at radius 2 is 1.79 bits per heavy atom. The van der Waals surface area contributed by atoms with Gasteiger partial charge >= 0.3 is 6.18 Å². The molecule has 0 radical (unpaired) electrons. The number of nitrogens with zero attached hydrogens (tertiary/aromatic N) is 1. The van der Waals surface area contributed by atoms with Crippen molar-refractivity contribution in [2.24, 2.45) is 0 Å². The minimum Gasteiger partial charge on any atom is -0.489 e. The molecular formula is C12H12F5NO. The lowest BCUT2D eigenvalue weighted by Gasteiger charge is -2.18. The van der Waals surface area contributed by atoms with Crippen LogP contribution in [-0.2, 0) is 0 Å². The Morgan fingerprint density at radius 3 is 2.37 bits per heavy atom. The van der Waals surface area contributed by atoms with Crippen molar-refractivity contribution in [2.75, 3.05) is 19.6 Å². The summed E-state index contributed by atoms with van der Waals surface area (Å²) in [6.45, 7) is -0.649. The maximum atomic E-state index is 12.9. The molecular weight excluding hydrogens is 269 g/mol. The van der Waals surface area contributed by atoms with E-state index in [1.165, 1.54) is 4.90 Å². The lowest BCUT2D eigenvalue weighted by Crippen LogP contribution is -2.33. The van der Waals surface area contributed by atoms with Gasteiger partial charge in [-0.2, -0.15) is 13.2 Å². The van der Waals surface area contributed by atoms with Crippen molar-refractivity contribution in [3.8, 4) is 5.75 Å². The summed E-state index contributed by atoms with van der Waals surface area (Å²) in [5.41, 5.74) is 0. The third kappa shape index (κ3) is 4.34. The van der Waals surface area contributed by atoms with E-state index in [0.717, 1.165) is 12.1 Å². The Kier molecular flexibility index (Phi) is 3.93. The average molecular weight is 281 g/mol. The summed E-state index contributed by atoms with van der Waals surface area (Å²) >= 11 is 0. The van der Waals surface area contributed by atoms with Gasteiger partial charge in [-0.1, -0.05) is 0 Å². The van der Waals surface area contributed by atoms with Crippen molar-refractivity contribution in [2.45, 2.75) is 18.7 Å². The van der Waals surface area contributed by atoms with Crippen molar-refractivity contribution in [3.05, 3.63) is 29.8 Å². The van der Waals surface area contributed by atoms with E-state index in [9.17, 15) is 22.0 Å². The molecule has 0 spiro atoms. The number of benzene rings is 1. The largest absolute Gasteiger partial charge is 0.489 e. The van der Waals surface area contributed by atoms with Crippen molar-refractivity contribution in [1.82, 2.24) is 4.90 Å². The summed E-state index contributed by atoms with van der Waals surface area (Å²) in [5, 5.41) is 0. The molecule has 106 valence electrons. The van der Waals surface area contributed by atoms with Crippen molar-refractivity contribution < 1.29 is 26.7 Å². The molecule has 1 heterocycles. The normalized spacial score (nSPS) is 20.8. The van der Waals surface area contributed by atoms with Gasteiger partial charge in [0.2, 0.25) is 0 Å². The predicted octanol–water partition coefficient (Wildman–Crippen LogP) is 2.98. The number of alkyl halides is 3. The van der Waals surface area contributed by atoms with Gasteiger partial charge in [0.25, 0.3) is 0 Å². The summed E-state index contributed by atoms with van der Waals surface area (Å²) in [7, 11) is 0. The second-order valence-electron chi connectivity index (χ2n) is 4.48. The van der Waals surface area contributed by atoms with Crippen molar-refractivity contribution in [1.29, 1.82) is 0 Å². The van der Waals surface area contributed by atoms with E-state index in [2.05, 4.69) is 0 Å². The topological polar surface area (TPSA) is 12.5 Å². The zero-order valence-electron chi connectivity index (χ0n) is 9.88. The molecule has 2 rings (SSSR count). The highest BCUT2D eigenvalue weighted by atomic mass is 19.4. The Bertz CT molecular complexity index is 428. The van der Waals surface area contributed by atoms with Crippen LogP contribution in [0.1, 0.15) is 6.42 Å². The van der Waals surface area contributed by atoms with Gasteiger partial charge in [0.1, 0.15) is 23.5 Å². The van der Waals surface area contributed by atoms with E-state index in [1.54, 1.807) is 0 Å². The van der Waals surface area contributed by atoms with Gasteiger partial charge in [-0.15, -0.1) is 0 Å². The highest BCUT2D eigenvalue weighted by molar-refractivity contribution is 5.24. The fraction of sp³-hybridized carbons (Fsp3) is 0.500. The maximum absolute atomic E-state index is 12.9. The van der Waals surface area contributed by atoms with Gasteiger partial charge in [0, 0.05) is 31.3 Å². The van der Waals surface area contributed by atoms with Crippen LogP contribution in [0.2, 0.25) is 0 Å². The molecule has 2 nitrogen and oxygen atoms in total. The van der Waals surface area contributed by atoms with Crippen LogP contribution < -0.4 is 4.74 Å². The minimum atomic E-state index is -4.25. The number of hydrogen-bond donors (Lipinski definition) is 0. The predicted molar refractivity (Wildman–Crippen MR) is 57.9 cm³/mol. The van der Waals surface area contributed by atoms with Crippen LogP contribution in [0.4, 0.5) is 22.0 Å². The molecule has 1 saturated heterocycles. The number of rotatable bonds is 3. The fourth-order valence-corrected chi connectivity index (χ4v) is 2.08. The number of hydrogen-bond acceptors (Lipinski definition) is 2. The van der Waals surface area contributed by atoms with Gasteiger partial charge in [-0.3, -0.25) is 4.90 Å². The van der Waals surface area contributed by atoms with Crippen molar-refractivity contribution >= 4 is 0 Å². The lowest BCUT2D eigenvalue weighted by molar-refractivity contribution is -0.144. The highest BCUT2D eigenvalue weighted by Crippen LogP contribution is 2.23. The van der Waals surface area contributed by atoms with Crippen LogP contribution in [-0.4, -0.2) is 36.8 Å². The van der Waals surface area contributed by atoms with E-state index in [4.69, 9.17) is 4.74 Å². The SMILES string of the molecule is Fc1cc(F)cc(OC2CCN(CC(F)(F)F)C2)c1. The molecule has 1 atom stereocenters. The van der Waals surface area contributed by atoms with E-state index >= 15 is 0 Å². The molecule has 0 aliphatic carbocycles. The van der Waals surface area contributed by atoms with Crippen LogP contribution in [0.15, 0.2) is 18.2 Å². The van der Waals surface area contributed by atoms with Crippen LogP contribution in [0.5, 0.6) is 5.75 Å². The van der Waals surface area contributed by atoms with Crippen molar-refractivity contribution in [3.63, 3.8) is 0 Å². The van der Waals surface area contributed by atoms with Gasteiger partial charge in [0.05, 0.1) is 6.54 Å². The first-order valence-corrected chi connectivity index (χ1v) is 5.74. The highest BCUT2D eigenvalue weighted by Gasteiger charge is 2.34. The first-order valence-electron chi connectivity index (χ1n) is 5.74. The number of ether oxygens (including phenoxy) is 1. The Hall–Kier alpha value is -1.37. The zero-order chi connectivity index (χ0) is 14.0.